The predicted molar refractivity (Wildman–Crippen MR) is 82.9 cm³/mol. The topological polar surface area (TPSA) is 50.3 Å². The number of piperazine rings is 1. The van der Waals surface area contributed by atoms with E-state index in [2.05, 4.69) is 20.2 Å². The molecule has 0 unspecified atom stereocenters. The summed E-state index contributed by atoms with van der Waals surface area (Å²) in [6, 6.07) is 6.59. The van der Waals surface area contributed by atoms with E-state index >= 15 is 0 Å². The van der Waals surface area contributed by atoms with Gasteiger partial charge in [0.1, 0.15) is 18.2 Å². The van der Waals surface area contributed by atoms with Gasteiger partial charge in [-0.1, -0.05) is 17.7 Å². The van der Waals surface area contributed by atoms with Gasteiger partial charge in [0.15, 0.2) is 0 Å². The molecule has 1 aromatic carbocycles. The molecule has 5 nitrogen and oxygen atoms in total. The van der Waals surface area contributed by atoms with Crippen molar-refractivity contribution in [3.63, 3.8) is 0 Å². The van der Waals surface area contributed by atoms with Crippen LogP contribution in [0.1, 0.15) is 5.56 Å². The lowest BCUT2D eigenvalue weighted by Crippen LogP contribution is -2.43. The van der Waals surface area contributed by atoms with E-state index in [4.69, 9.17) is 16.3 Å². The van der Waals surface area contributed by atoms with Crippen molar-refractivity contribution in [2.24, 2.45) is 0 Å². The first kappa shape index (κ1) is 15.0. The number of nitrogens with zero attached hydrogens (tertiary/aromatic N) is 3. The summed E-state index contributed by atoms with van der Waals surface area (Å²) >= 11 is 5.97. The van der Waals surface area contributed by atoms with Crippen LogP contribution in [-0.2, 0) is 6.61 Å². The molecule has 2 aromatic rings. The molecule has 1 N–H and O–H groups in total. The van der Waals surface area contributed by atoms with Crippen molar-refractivity contribution >= 4 is 17.4 Å². The lowest BCUT2D eigenvalue weighted by molar-refractivity contribution is 0.275. The zero-order valence-electron chi connectivity index (χ0n) is 11.9. The second-order valence-electron chi connectivity index (χ2n) is 4.92. The van der Waals surface area contributed by atoms with Crippen LogP contribution in [-0.4, -0.2) is 36.1 Å². The van der Waals surface area contributed by atoms with Crippen LogP contribution in [0.25, 0.3) is 0 Å². The van der Waals surface area contributed by atoms with E-state index in [1.54, 1.807) is 18.3 Å². The molecule has 0 amide bonds. The summed E-state index contributed by atoms with van der Waals surface area (Å²) in [6.45, 7) is 3.61. The highest BCUT2D eigenvalue weighted by atomic mass is 35.5. The van der Waals surface area contributed by atoms with Crippen LogP contribution in [0.5, 0.6) is 6.01 Å². The van der Waals surface area contributed by atoms with E-state index in [0.29, 0.717) is 10.6 Å². The van der Waals surface area contributed by atoms with Crippen LogP contribution in [0.3, 0.4) is 0 Å². The minimum absolute atomic E-state index is 0.00346. The van der Waals surface area contributed by atoms with Crippen LogP contribution in [0, 0.1) is 5.82 Å². The Morgan fingerprint density at radius 2 is 2.09 bits per heavy atom. The quantitative estimate of drug-likeness (QED) is 0.935. The van der Waals surface area contributed by atoms with Gasteiger partial charge in [0, 0.05) is 37.9 Å². The lowest BCUT2D eigenvalue weighted by atomic mass is 10.2. The number of rotatable bonds is 4. The smallest absolute Gasteiger partial charge is 0.318 e. The van der Waals surface area contributed by atoms with E-state index in [0.717, 1.165) is 32.0 Å². The number of ether oxygens (including phenoxy) is 1. The molecule has 1 aliphatic rings. The number of hydrogen-bond acceptors (Lipinski definition) is 5. The Bertz CT molecular complexity index is 629. The molecule has 0 radical (unpaired) electrons. The van der Waals surface area contributed by atoms with Crippen molar-refractivity contribution in [1.82, 2.24) is 15.3 Å². The second kappa shape index (κ2) is 6.89. The highest BCUT2D eigenvalue weighted by molar-refractivity contribution is 6.31. The predicted octanol–water partition coefficient (Wildman–Crippen LogP) is 2.26. The van der Waals surface area contributed by atoms with Gasteiger partial charge < -0.3 is 15.0 Å². The van der Waals surface area contributed by atoms with Gasteiger partial charge >= 0.3 is 6.01 Å². The number of anilines is 1. The Morgan fingerprint density at radius 1 is 1.27 bits per heavy atom. The number of hydrogen-bond donors (Lipinski definition) is 1. The summed E-state index contributed by atoms with van der Waals surface area (Å²) in [6.07, 6.45) is 1.64. The Labute approximate surface area is 133 Å². The zero-order valence-corrected chi connectivity index (χ0v) is 12.7. The van der Waals surface area contributed by atoms with Gasteiger partial charge in [-0.2, -0.15) is 4.98 Å². The van der Waals surface area contributed by atoms with Gasteiger partial charge in [-0.05, 0) is 18.2 Å². The lowest BCUT2D eigenvalue weighted by Gasteiger charge is -2.28. The molecule has 1 aliphatic heterocycles. The van der Waals surface area contributed by atoms with Gasteiger partial charge in [0.2, 0.25) is 0 Å². The van der Waals surface area contributed by atoms with Crippen LogP contribution >= 0.6 is 11.6 Å². The molecule has 0 atom stereocenters. The maximum atomic E-state index is 13.7. The highest BCUT2D eigenvalue weighted by Gasteiger charge is 2.13. The Kier molecular flexibility index (Phi) is 4.70. The van der Waals surface area contributed by atoms with Gasteiger partial charge in [-0.3, -0.25) is 0 Å². The van der Waals surface area contributed by atoms with E-state index in [-0.39, 0.29) is 12.6 Å². The molecule has 0 saturated carbocycles. The number of benzene rings is 1. The van der Waals surface area contributed by atoms with Crippen molar-refractivity contribution in [2.75, 3.05) is 31.1 Å². The minimum Gasteiger partial charge on any atom is -0.458 e. The monoisotopic (exact) mass is 322 g/mol. The first-order chi connectivity index (χ1) is 10.7. The Balaban J connectivity index is 1.70. The number of halogens is 2. The average molecular weight is 323 g/mol. The fraction of sp³-hybridized carbons (Fsp3) is 0.333. The van der Waals surface area contributed by atoms with Gasteiger partial charge in [0.25, 0.3) is 0 Å². The normalized spacial score (nSPS) is 14.9. The van der Waals surface area contributed by atoms with Crippen molar-refractivity contribution in [3.8, 4) is 6.01 Å². The Hall–Kier alpha value is -1.92. The van der Waals surface area contributed by atoms with Crippen molar-refractivity contribution in [3.05, 3.63) is 46.9 Å². The second-order valence-corrected chi connectivity index (χ2v) is 5.33. The number of aromatic nitrogens is 2. The SMILES string of the molecule is Fc1cccc(Cl)c1COc1nccc(N2CCNCC2)n1. The first-order valence-corrected chi connectivity index (χ1v) is 7.46. The fourth-order valence-electron chi connectivity index (χ4n) is 2.28. The van der Waals surface area contributed by atoms with Crippen molar-refractivity contribution < 1.29 is 9.13 Å². The summed E-state index contributed by atoms with van der Waals surface area (Å²) in [5.74, 6) is 0.414. The standard InChI is InChI=1S/C15H16ClFN4O/c16-12-2-1-3-13(17)11(12)10-22-15-19-5-4-14(20-15)21-8-6-18-7-9-21/h1-5,18H,6-10H2. The third-order valence-electron chi connectivity index (χ3n) is 3.47. The van der Waals surface area contributed by atoms with Gasteiger partial charge in [-0.25, -0.2) is 9.37 Å². The van der Waals surface area contributed by atoms with E-state index < -0.39 is 5.82 Å². The fourth-order valence-corrected chi connectivity index (χ4v) is 2.50. The van der Waals surface area contributed by atoms with E-state index in [1.165, 1.54) is 6.07 Å². The molecule has 0 aliphatic carbocycles. The van der Waals surface area contributed by atoms with Crippen LogP contribution in [0.15, 0.2) is 30.5 Å². The molecule has 1 fully saturated rings. The molecule has 0 bridgehead atoms. The minimum atomic E-state index is -0.397. The third-order valence-corrected chi connectivity index (χ3v) is 3.82. The van der Waals surface area contributed by atoms with Crippen molar-refractivity contribution in [1.29, 1.82) is 0 Å². The van der Waals surface area contributed by atoms with Crippen molar-refractivity contribution in [2.45, 2.75) is 6.61 Å². The molecular formula is C15H16ClFN4O. The summed E-state index contributed by atoms with van der Waals surface area (Å²) < 4.78 is 19.2. The largest absolute Gasteiger partial charge is 0.458 e. The summed E-state index contributed by atoms with van der Waals surface area (Å²) in [7, 11) is 0. The summed E-state index contributed by atoms with van der Waals surface area (Å²) in [5, 5.41) is 3.62. The van der Waals surface area contributed by atoms with E-state index in [1.807, 2.05) is 6.07 Å². The average Bonchev–Trinajstić information content (AvgIpc) is 2.55. The molecule has 2 heterocycles. The van der Waals surface area contributed by atoms with Crippen LogP contribution < -0.4 is 15.0 Å². The molecule has 116 valence electrons. The molecule has 1 aromatic heterocycles. The van der Waals surface area contributed by atoms with E-state index in [9.17, 15) is 4.39 Å². The molecule has 1 saturated heterocycles. The molecule has 3 rings (SSSR count). The maximum Gasteiger partial charge on any atom is 0.318 e. The summed E-state index contributed by atoms with van der Waals surface area (Å²) in [4.78, 5) is 10.6. The molecule has 7 heteroatoms. The molecular weight excluding hydrogens is 307 g/mol. The zero-order chi connectivity index (χ0) is 15.4. The van der Waals surface area contributed by atoms with Gasteiger partial charge in [-0.15, -0.1) is 0 Å². The molecule has 0 spiro atoms. The first-order valence-electron chi connectivity index (χ1n) is 7.08. The molecule has 22 heavy (non-hydrogen) atoms. The van der Waals surface area contributed by atoms with Crippen LogP contribution in [0.2, 0.25) is 5.02 Å². The van der Waals surface area contributed by atoms with Gasteiger partial charge in [0.05, 0.1) is 5.02 Å². The third kappa shape index (κ3) is 3.45. The maximum absolute atomic E-state index is 13.7. The Morgan fingerprint density at radius 3 is 2.86 bits per heavy atom. The highest BCUT2D eigenvalue weighted by Crippen LogP contribution is 2.21. The summed E-state index contributed by atoms with van der Waals surface area (Å²) in [5.41, 5.74) is 0.306. The van der Waals surface area contributed by atoms with Crippen LogP contribution in [0.4, 0.5) is 10.2 Å². The number of nitrogens with one attached hydrogen (secondary N) is 1.